The molecule has 0 N–H and O–H groups in total. The minimum atomic E-state index is -3.02. The van der Waals surface area contributed by atoms with Crippen molar-refractivity contribution in [1.29, 1.82) is 5.26 Å². The highest BCUT2D eigenvalue weighted by molar-refractivity contribution is 7.07. The summed E-state index contributed by atoms with van der Waals surface area (Å²) in [6.07, 6.45) is 1.40. The lowest BCUT2D eigenvalue weighted by molar-refractivity contribution is -0.0499. The topological polar surface area (TPSA) is 81.3 Å². The summed E-state index contributed by atoms with van der Waals surface area (Å²) >= 11 is 0.931. The predicted molar refractivity (Wildman–Crippen MR) is 116 cm³/mol. The summed E-state index contributed by atoms with van der Waals surface area (Å²) in [6, 6.07) is 16.2. The number of thiazole rings is 1. The van der Waals surface area contributed by atoms with Crippen molar-refractivity contribution < 1.29 is 23.0 Å². The van der Waals surface area contributed by atoms with E-state index in [0.717, 1.165) is 11.3 Å². The summed E-state index contributed by atoms with van der Waals surface area (Å²) in [7, 11) is 1.46. The zero-order valence-electron chi connectivity index (χ0n) is 17.0. The highest BCUT2D eigenvalue weighted by Gasteiger charge is 2.18. The first kappa shape index (κ1) is 23.1. The molecular formula is C23H18F2N2O4S. The maximum absolute atomic E-state index is 13.1. The fraction of sp³-hybridized carbons (Fsp3) is 0.174. The number of halogens is 2. The summed E-state index contributed by atoms with van der Waals surface area (Å²) in [5, 5.41) is 9.73. The predicted octanol–water partition coefficient (Wildman–Crippen LogP) is 2.54. The second-order valence-electron chi connectivity index (χ2n) is 6.46. The summed E-state index contributed by atoms with van der Waals surface area (Å²) in [5.41, 5.74) is -0.0810. The third kappa shape index (κ3) is 5.17. The average Bonchev–Trinajstić information content (AvgIpc) is 3.09. The minimum Gasteiger partial charge on any atom is -0.434 e. The fourth-order valence-corrected chi connectivity index (χ4v) is 4.08. The number of nitrogens with zero attached hydrogens (tertiary/aromatic N) is 2. The number of para-hydroxylation sites is 1. The second kappa shape index (κ2) is 10.6. The van der Waals surface area contributed by atoms with E-state index in [-0.39, 0.29) is 39.2 Å². The highest BCUT2D eigenvalue weighted by Crippen LogP contribution is 2.20. The van der Waals surface area contributed by atoms with Crippen LogP contribution in [0.1, 0.15) is 15.9 Å². The van der Waals surface area contributed by atoms with Crippen LogP contribution < -0.4 is 19.5 Å². The van der Waals surface area contributed by atoms with Gasteiger partial charge in [0.25, 0.3) is 5.56 Å². The van der Waals surface area contributed by atoms with Gasteiger partial charge in [0.2, 0.25) is 5.78 Å². The number of carbonyl (C=O) groups excluding carboxylic acids is 1. The van der Waals surface area contributed by atoms with Gasteiger partial charge in [-0.15, -0.1) is 11.3 Å². The largest absolute Gasteiger partial charge is 0.434 e. The van der Waals surface area contributed by atoms with Crippen molar-refractivity contribution in [3.63, 3.8) is 0 Å². The van der Waals surface area contributed by atoms with Crippen LogP contribution in [0.4, 0.5) is 8.78 Å². The Morgan fingerprint density at radius 3 is 2.53 bits per heavy atom. The van der Waals surface area contributed by atoms with Gasteiger partial charge >= 0.3 is 6.61 Å². The van der Waals surface area contributed by atoms with Gasteiger partial charge in [-0.3, -0.25) is 14.2 Å². The van der Waals surface area contributed by atoms with Crippen molar-refractivity contribution in [2.24, 2.45) is 0 Å². The smallest absolute Gasteiger partial charge is 0.387 e. The van der Waals surface area contributed by atoms with Crippen LogP contribution in [0.5, 0.6) is 5.75 Å². The minimum absolute atomic E-state index is 0.0925. The molecule has 0 aliphatic heterocycles. The molecule has 1 aromatic heterocycles. The normalized spacial score (nSPS) is 12.5. The van der Waals surface area contributed by atoms with E-state index in [4.69, 9.17) is 4.74 Å². The van der Waals surface area contributed by atoms with Crippen molar-refractivity contribution in [2.45, 2.75) is 13.2 Å². The molecule has 0 aliphatic rings. The van der Waals surface area contributed by atoms with E-state index in [0.29, 0.717) is 5.56 Å². The molecule has 0 spiro atoms. The van der Waals surface area contributed by atoms with Crippen LogP contribution in [-0.2, 0) is 11.3 Å². The first-order valence-corrected chi connectivity index (χ1v) is 10.3. The molecule has 0 bridgehead atoms. The van der Waals surface area contributed by atoms with E-state index >= 15 is 0 Å². The van der Waals surface area contributed by atoms with E-state index in [1.807, 2.05) is 6.07 Å². The molecule has 6 nitrogen and oxygen atoms in total. The number of hydrogen-bond donors (Lipinski definition) is 0. The SMILES string of the molecule is COCCn1c(=O)/c(=C/c2ccccc2OC(F)F)s/c1=C(/C#N)C(=O)c1ccccc1. The summed E-state index contributed by atoms with van der Waals surface area (Å²) in [6.45, 7) is -2.74. The van der Waals surface area contributed by atoms with Crippen LogP contribution in [0, 0.1) is 11.3 Å². The molecule has 0 aliphatic carbocycles. The number of ether oxygens (including phenoxy) is 2. The molecule has 0 unspecified atom stereocenters. The molecule has 32 heavy (non-hydrogen) atoms. The van der Waals surface area contributed by atoms with Gasteiger partial charge in [-0.25, -0.2) is 0 Å². The number of methoxy groups -OCH3 is 1. The monoisotopic (exact) mass is 456 g/mol. The van der Waals surface area contributed by atoms with Crippen LogP contribution in [0.25, 0.3) is 11.6 Å². The molecule has 0 saturated carbocycles. The van der Waals surface area contributed by atoms with Gasteiger partial charge in [-0.05, 0) is 12.1 Å². The van der Waals surface area contributed by atoms with Crippen molar-refractivity contribution in [1.82, 2.24) is 4.57 Å². The van der Waals surface area contributed by atoms with Crippen LogP contribution in [-0.4, -0.2) is 30.7 Å². The van der Waals surface area contributed by atoms with E-state index in [1.54, 1.807) is 36.4 Å². The number of Topliss-reactive ketones (excluding diaryl/α,β-unsaturated/α-hetero) is 1. The first-order chi connectivity index (χ1) is 15.5. The molecule has 0 atom stereocenters. The lowest BCUT2D eigenvalue weighted by atomic mass is 10.1. The Morgan fingerprint density at radius 2 is 1.88 bits per heavy atom. The quantitative estimate of drug-likeness (QED) is 0.487. The van der Waals surface area contributed by atoms with Crippen molar-refractivity contribution in [3.05, 3.63) is 85.3 Å². The standard InChI is InChI=1S/C23H18F2N2O4S/c1-30-12-11-27-21(29)19(13-16-9-5-6-10-18(16)31-23(24)25)32-22(27)17(14-26)20(28)15-7-3-2-4-8-15/h2-10,13,23H,11-12H2,1H3/b19-13-,22-17-. The number of benzene rings is 2. The van der Waals surface area contributed by atoms with Gasteiger partial charge in [-0.1, -0.05) is 48.5 Å². The molecule has 3 rings (SSSR count). The lowest BCUT2D eigenvalue weighted by Gasteiger charge is -2.06. The van der Waals surface area contributed by atoms with Gasteiger partial charge in [0.15, 0.2) is 0 Å². The maximum Gasteiger partial charge on any atom is 0.387 e. The van der Waals surface area contributed by atoms with E-state index < -0.39 is 18.0 Å². The van der Waals surface area contributed by atoms with Gasteiger partial charge in [0.1, 0.15) is 22.1 Å². The Bertz CT molecular complexity index is 1320. The summed E-state index contributed by atoms with van der Waals surface area (Å²) in [5.74, 6) is -0.612. The number of nitriles is 1. The number of aromatic nitrogens is 1. The Balaban J connectivity index is 2.26. The van der Waals surface area contributed by atoms with Crippen molar-refractivity contribution >= 4 is 28.8 Å². The molecule has 0 amide bonds. The average molecular weight is 456 g/mol. The van der Waals surface area contributed by atoms with Crippen LogP contribution in [0.3, 0.4) is 0 Å². The molecule has 0 fully saturated rings. The molecule has 3 aromatic rings. The molecule has 0 radical (unpaired) electrons. The van der Waals surface area contributed by atoms with Crippen LogP contribution in [0.2, 0.25) is 0 Å². The zero-order chi connectivity index (χ0) is 23.1. The van der Waals surface area contributed by atoms with E-state index in [2.05, 4.69) is 4.74 Å². The number of alkyl halides is 2. The third-order valence-electron chi connectivity index (χ3n) is 4.44. The Morgan fingerprint density at radius 1 is 1.19 bits per heavy atom. The lowest BCUT2D eigenvalue weighted by Crippen LogP contribution is -2.34. The Labute approximate surface area is 185 Å². The van der Waals surface area contributed by atoms with E-state index in [9.17, 15) is 23.6 Å². The summed E-state index contributed by atoms with van der Waals surface area (Å²) < 4.78 is 36.7. The van der Waals surface area contributed by atoms with Gasteiger partial charge in [0, 0.05) is 18.2 Å². The maximum atomic E-state index is 13.1. The molecule has 1 heterocycles. The summed E-state index contributed by atoms with van der Waals surface area (Å²) in [4.78, 5) is 26.0. The van der Waals surface area contributed by atoms with Gasteiger partial charge in [0.05, 0.1) is 17.7 Å². The second-order valence-corrected chi connectivity index (χ2v) is 7.49. The zero-order valence-corrected chi connectivity index (χ0v) is 17.8. The first-order valence-electron chi connectivity index (χ1n) is 9.44. The molecular weight excluding hydrogens is 438 g/mol. The number of hydrogen-bond acceptors (Lipinski definition) is 6. The molecule has 2 aromatic carbocycles. The Hall–Kier alpha value is -3.61. The fourth-order valence-electron chi connectivity index (χ4n) is 2.96. The number of carbonyl (C=O) groups is 1. The van der Waals surface area contributed by atoms with E-state index in [1.165, 1.54) is 36.0 Å². The van der Waals surface area contributed by atoms with Gasteiger partial charge in [-0.2, -0.15) is 14.0 Å². The molecule has 9 heteroatoms. The highest BCUT2D eigenvalue weighted by atomic mass is 32.1. The number of ketones is 1. The molecule has 164 valence electrons. The van der Waals surface area contributed by atoms with Crippen LogP contribution in [0.15, 0.2) is 59.4 Å². The Kier molecular flexibility index (Phi) is 7.65. The third-order valence-corrected chi connectivity index (χ3v) is 5.57. The van der Waals surface area contributed by atoms with Crippen LogP contribution >= 0.6 is 11.3 Å². The van der Waals surface area contributed by atoms with Crippen molar-refractivity contribution in [3.8, 4) is 11.8 Å². The van der Waals surface area contributed by atoms with Gasteiger partial charge < -0.3 is 9.47 Å². The van der Waals surface area contributed by atoms with Crippen molar-refractivity contribution in [2.75, 3.05) is 13.7 Å². The number of rotatable bonds is 8. The molecule has 0 saturated heterocycles.